The number of aromatic nitrogens is 3. The molecule has 5 aromatic rings. The Balaban J connectivity index is 0.000000199. The number of carbonyl (C=O) groups excluding carboxylic acids is 2. The summed E-state index contributed by atoms with van der Waals surface area (Å²) in [6.07, 6.45) is 3.85. The lowest BCUT2D eigenvalue weighted by atomic mass is 10.1. The third-order valence-corrected chi connectivity index (χ3v) is 11.6. The number of hydrogen-bond acceptors (Lipinski definition) is 9. The van der Waals surface area contributed by atoms with Gasteiger partial charge in [0.2, 0.25) is 0 Å². The van der Waals surface area contributed by atoms with Crippen molar-refractivity contribution in [1.29, 1.82) is 0 Å². The molecule has 1 saturated heterocycles. The lowest BCUT2D eigenvalue weighted by molar-refractivity contribution is -0.385. The van der Waals surface area contributed by atoms with Gasteiger partial charge in [0.15, 0.2) is 5.78 Å². The van der Waals surface area contributed by atoms with E-state index in [4.69, 9.17) is 4.74 Å². The van der Waals surface area contributed by atoms with Gasteiger partial charge in [-0.1, -0.05) is 32.0 Å². The molecular weight excluding hydrogens is 742 g/mol. The van der Waals surface area contributed by atoms with Crippen LogP contribution < -0.4 is 4.74 Å². The minimum absolute atomic E-state index is 0.00428. The topological polar surface area (TPSA) is 144 Å². The lowest BCUT2D eigenvalue weighted by Crippen LogP contribution is -2.41. The molecule has 1 fully saturated rings. The number of nitrogens with zero attached hydrogens (tertiary/aromatic N) is 4. The molecular formula is C36H40BrN5O6S2. The van der Waals surface area contributed by atoms with E-state index in [1.54, 1.807) is 11.8 Å². The van der Waals surface area contributed by atoms with Crippen molar-refractivity contribution in [2.45, 2.75) is 50.8 Å². The van der Waals surface area contributed by atoms with E-state index in [-0.39, 0.29) is 51.4 Å². The Labute approximate surface area is 307 Å². The summed E-state index contributed by atoms with van der Waals surface area (Å²) >= 11 is 6.74. The average Bonchev–Trinajstić information content (AvgIpc) is 3.85. The van der Waals surface area contributed by atoms with Gasteiger partial charge in [-0.3, -0.25) is 19.7 Å². The second-order valence-corrected chi connectivity index (χ2v) is 15.3. The molecule has 0 spiro atoms. The molecule has 11 nitrogen and oxygen atoms in total. The zero-order chi connectivity index (χ0) is 35.9. The highest BCUT2D eigenvalue weighted by atomic mass is 79.9. The van der Waals surface area contributed by atoms with E-state index in [1.165, 1.54) is 17.6 Å². The molecule has 3 heterocycles. The van der Waals surface area contributed by atoms with Crippen molar-refractivity contribution in [2.75, 3.05) is 23.6 Å². The molecule has 14 heteroatoms. The van der Waals surface area contributed by atoms with Crippen LogP contribution in [0.4, 0.5) is 5.69 Å². The maximum Gasteiger partial charge on any atom is 0.285 e. The van der Waals surface area contributed by atoms with Crippen LogP contribution in [0.25, 0.3) is 33.3 Å². The van der Waals surface area contributed by atoms with Crippen LogP contribution in [0.15, 0.2) is 60.8 Å². The molecule has 0 saturated carbocycles. The lowest BCUT2D eigenvalue weighted by Gasteiger charge is -2.31. The van der Waals surface area contributed by atoms with Gasteiger partial charge >= 0.3 is 0 Å². The van der Waals surface area contributed by atoms with Crippen LogP contribution in [0.1, 0.15) is 59.9 Å². The normalized spacial score (nSPS) is 14.3. The summed E-state index contributed by atoms with van der Waals surface area (Å²) in [6.45, 7) is 5.97. The fraction of sp³-hybridized carbons (Fsp3) is 0.361. The highest BCUT2D eigenvalue weighted by molar-refractivity contribution is 9.09. The van der Waals surface area contributed by atoms with Gasteiger partial charge in [-0.25, -0.2) is 4.98 Å². The van der Waals surface area contributed by atoms with Crippen LogP contribution in [0, 0.1) is 10.1 Å². The fourth-order valence-electron chi connectivity index (χ4n) is 6.22. The van der Waals surface area contributed by atoms with Gasteiger partial charge in [-0.2, -0.15) is 0 Å². The van der Waals surface area contributed by atoms with E-state index in [1.807, 2.05) is 60.9 Å². The maximum atomic E-state index is 13.3. The number of aryl methyl sites for hydroxylation is 1. The molecule has 1 aliphatic rings. The number of carbonyl (C=O) groups is 2. The van der Waals surface area contributed by atoms with Crippen LogP contribution in [0.5, 0.6) is 5.75 Å². The summed E-state index contributed by atoms with van der Waals surface area (Å²) in [5.74, 6) is 2.62. The number of para-hydroxylation sites is 1. The number of thioether (sulfide) groups is 2. The molecule has 3 aromatic carbocycles. The number of Topliss-reactive ketones (excluding diaryl/α,β-unsaturated/α-hetero) is 1. The van der Waals surface area contributed by atoms with Crippen LogP contribution >= 0.6 is 39.5 Å². The van der Waals surface area contributed by atoms with Gasteiger partial charge in [-0.15, -0.1) is 23.5 Å². The number of ether oxygens (including phenoxy) is 1. The van der Waals surface area contributed by atoms with Crippen LogP contribution in [0.2, 0.25) is 0 Å². The number of alkyl halides is 1. The van der Waals surface area contributed by atoms with E-state index in [0.717, 1.165) is 52.2 Å². The van der Waals surface area contributed by atoms with Crippen LogP contribution in [0.3, 0.4) is 0 Å². The molecule has 264 valence electrons. The Kier molecular flexibility index (Phi) is 12.6. The number of nitro benzene ring substituents is 1. The summed E-state index contributed by atoms with van der Waals surface area (Å²) in [6, 6.07) is 16.5. The maximum absolute atomic E-state index is 13.3. The van der Waals surface area contributed by atoms with Crippen LogP contribution in [-0.2, 0) is 13.7 Å². The van der Waals surface area contributed by atoms with Crippen molar-refractivity contribution in [2.24, 2.45) is 7.05 Å². The largest absolute Gasteiger partial charge is 0.482 e. The molecule has 2 N–H and O–H groups in total. The molecule has 1 amide bonds. The number of nitro groups is 1. The second kappa shape index (κ2) is 16.9. The third-order valence-electron chi connectivity index (χ3n) is 8.56. The standard InChI is InChI=1S/C18H25BrN2O5S2.C18H15N3O/c1-3-27-18(28-4-2)14-6-5-7-20(14)17(23)13-8-12(10-22)16(26-11-19)9-15(13)21(24)25;1-11(22)12-7-8-15-16(9-12)20-18(19-15)14-10-21(2)17-6-4-3-5-13(14)17/h8-9,14,18,22H,3-7,10-11H2,1-2H3;3-10H,1-2H3,(H,19,20)/t14-;/m0./s1. The quantitative estimate of drug-likeness (QED) is 0.0421. The number of aromatic amines is 1. The smallest absolute Gasteiger partial charge is 0.285 e. The Morgan fingerprint density at radius 2 is 1.90 bits per heavy atom. The summed E-state index contributed by atoms with van der Waals surface area (Å²) < 4.78 is 7.66. The molecule has 2 aromatic heterocycles. The summed E-state index contributed by atoms with van der Waals surface area (Å²) in [4.78, 5) is 45.6. The van der Waals surface area contributed by atoms with Gasteiger partial charge < -0.3 is 24.3 Å². The van der Waals surface area contributed by atoms with Crippen molar-refractivity contribution in [3.05, 3.63) is 87.6 Å². The number of aliphatic hydroxyl groups is 1. The summed E-state index contributed by atoms with van der Waals surface area (Å²) in [5, 5.41) is 22.4. The SMILES string of the molecule is CC(=O)c1ccc2nc(-c3cn(C)c4ccccc34)[nH]c2c1.CCSC(SCC)[C@@H]1CCCN1C(=O)c1cc(CO)c(OCBr)cc1[N+](=O)[O-]. The van der Waals surface area contributed by atoms with Crippen molar-refractivity contribution < 1.29 is 24.4 Å². The molecule has 1 atom stereocenters. The second-order valence-electron chi connectivity index (χ2n) is 11.7. The van der Waals surface area contributed by atoms with E-state index in [9.17, 15) is 24.8 Å². The van der Waals surface area contributed by atoms with Crippen molar-refractivity contribution in [3.8, 4) is 17.1 Å². The van der Waals surface area contributed by atoms with E-state index in [0.29, 0.717) is 17.7 Å². The number of hydrogen-bond donors (Lipinski definition) is 2. The van der Waals surface area contributed by atoms with E-state index in [2.05, 4.69) is 62.6 Å². The molecule has 1 aliphatic heterocycles. The first-order valence-electron chi connectivity index (χ1n) is 16.3. The van der Waals surface area contributed by atoms with E-state index >= 15 is 0 Å². The number of rotatable bonds is 12. The third kappa shape index (κ3) is 8.03. The monoisotopic (exact) mass is 781 g/mol. The number of amides is 1. The Morgan fingerprint density at radius 1 is 1.16 bits per heavy atom. The molecule has 0 unspecified atom stereocenters. The number of fused-ring (bicyclic) bond motifs is 2. The number of ketones is 1. The molecule has 50 heavy (non-hydrogen) atoms. The van der Waals surface area contributed by atoms with Crippen LogP contribution in [-0.4, -0.2) is 75.3 Å². The average molecular weight is 783 g/mol. The number of benzene rings is 3. The zero-order valence-electron chi connectivity index (χ0n) is 28.3. The van der Waals surface area contributed by atoms with Gasteiger partial charge in [0.05, 0.1) is 39.3 Å². The molecule has 6 rings (SSSR count). The number of H-pyrrole nitrogens is 1. The van der Waals surface area contributed by atoms with Crippen molar-refractivity contribution in [1.82, 2.24) is 19.4 Å². The van der Waals surface area contributed by atoms with Crippen molar-refractivity contribution in [3.63, 3.8) is 0 Å². The first-order valence-corrected chi connectivity index (χ1v) is 19.5. The van der Waals surface area contributed by atoms with Gasteiger partial charge in [0, 0.05) is 47.4 Å². The molecule has 0 radical (unpaired) electrons. The molecule has 0 aliphatic carbocycles. The predicted octanol–water partition coefficient (Wildman–Crippen LogP) is 8.18. The summed E-state index contributed by atoms with van der Waals surface area (Å²) in [7, 11) is 2.03. The predicted molar refractivity (Wildman–Crippen MR) is 206 cm³/mol. The van der Waals surface area contributed by atoms with E-state index < -0.39 is 4.92 Å². The zero-order valence-corrected chi connectivity index (χ0v) is 31.6. The Hall–Kier alpha value is -3.85. The first-order chi connectivity index (χ1) is 24.1. The number of halogens is 1. The highest BCUT2D eigenvalue weighted by Gasteiger charge is 2.38. The highest BCUT2D eigenvalue weighted by Crippen LogP contribution is 2.38. The Morgan fingerprint density at radius 3 is 2.56 bits per heavy atom. The summed E-state index contributed by atoms with van der Waals surface area (Å²) in [5.41, 5.74) is 4.87. The van der Waals surface area contributed by atoms with Crippen molar-refractivity contribution >= 4 is 78.8 Å². The van der Waals surface area contributed by atoms with Gasteiger partial charge in [-0.05, 0) is 77.5 Å². The first kappa shape index (κ1) is 37.4. The number of imidazole rings is 1. The Bertz CT molecular complexity index is 2010. The minimum atomic E-state index is -0.570. The van der Waals surface area contributed by atoms with Gasteiger partial charge in [0.25, 0.3) is 11.6 Å². The van der Waals surface area contributed by atoms with Gasteiger partial charge in [0.1, 0.15) is 22.7 Å². The number of aliphatic hydroxyl groups excluding tert-OH is 1. The number of nitrogens with one attached hydrogen (secondary N) is 1. The molecule has 0 bridgehead atoms. The number of likely N-dealkylation sites (tertiary alicyclic amines) is 1. The fourth-order valence-corrected chi connectivity index (χ4v) is 9.34. The minimum Gasteiger partial charge on any atom is -0.482 e.